The summed E-state index contributed by atoms with van der Waals surface area (Å²) in [5, 5.41) is 0. The van der Waals surface area contributed by atoms with Gasteiger partial charge in [-0.25, -0.2) is 9.79 Å². The number of carbonyl (C=O) groups is 2. The predicted octanol–water partition coefficient (Wildman–Crippen LogP) is 6.05. The topological polar surface area (TPSA) is 74.2 Å². The van der Waals surface area contributed by atoms with E-state index in [0.717, 1.165) is 10.0 Å². The molecule has 0 radical (unpaired) electrons. The number of halogens is 1. The quantitative estimate of drug-likeness (QED) is 0.113. The van der Waals surface area contributed by atoms with Crippen LogP contribution in [0.3, 0.4) is 0 Å². The zero-order valence-corrected chi connectivity index (χ0v) is 23.9. The highest BCUT2D eigenvalue weighted by Crippen LogP contribution is 2.34. The number of aliphatic imine (C=N–C) groups is 1. The van der Waals surface area contributed by atoms with Gasteiger partial charge in [-0.15, -0.1) is 23.5 Å². The Bertz CT molecular complexity index is 819. The van der Waals surface area contributed by atoms with Crippen LogP contribution in [-0.2, 0) is 23.5 Å². The maximum Gasteiger partial charge on any atom is 0.356 e. The van der Waals surface area contributed by atoms with E-state index in [4.69, 9.17) is 13.9 Å². The summed E-state index contributed by atoms with van der Waals surface area (Å²) < 4.78 is 18.6. The zero-order valence-electron chi connectivity index (χ0n) is 19.6. The van der Waals surface area contributed by atoms with Gasteiger partial charge in [0.15, 0.2) is 8.32 Å². The lowest BCUT2D eigenvalue weighted by Crippen LogP contribution is -2.34. The Kier molecular flexibility index (Phi) is 12.9. The van der Waals surface area contributed by atoms with E-state index in [1.807, 2.05) is 36.8 Å². The first kappa shape index (κ1) is 29.0. The summed E-state index contributed by atoms with van der Waals surface area (Å²) in [4.78, 5) is 30.3. The lowest BCUT2D eigenvalue weighted by atomic mass is 9.94. The van der Waals surface area contributed by atoms with Crippen LogP contribution in [-0.4, -0.2) is 50.4 Å². The normalized spacial score (nSPS) is 13.8. The molecule has 0 saturated heterocycles. The van der Waals surface area contributed by atoms with Crippen LogP contribution in [0, 0.1) is 5.92 Å². The largest absolute Gasteiger partial charge is 0.465 e. The smallest absolute Gasteiger partial charge is 0.356 e. The molecule has 1 aromatic carbocycles. The SMILES string of the molecule is CCOC(=O)/C(=C/[C@@H](C(=O)OCC)[C@H](O[Si](C)(C)C)c1ccc(Br)cc1)N=C(SC)SC. The predicted molar refractivity (Wildman–Crippen MR) is 141 cm³/mol. The average Bonchev–Trinajstić information content (AvgIpc) is 2.73. The second-order valence-corrected chi connectivity index (χ2v) is 14.8. The van der Waals surface area contributed by atoms with Gasteiger partial charge in [0.25, 0.3) is 0 Å². The fraction of sp³-hybridized carbons (Fsp3) is 0.500. The van der Waals surface area contributed by atoms with Gasteiger partial charge in [0, 0.05) is 4.47 Å². The summed E-state index contributed by atoms with van der Waals surface area (Å²) in [6.07, 6.45) is 4.63. The van der Waals surface area contributed by atoms with Gasteiger partial charge in [0.2, 0.25) is 0 Å². The minimum Gasteiger partial charge on any atom is -0.465 e. The lowest BCUT2D eigenvalue weighted by molar-refractivity contribution is -0.149. The molecule has 178 valence electrons. The van der Waals surface area contributed by atoms with Gasteiger partial charge in [-0.05, 0) is 69.8 Å². The highest BCUT2D eigenvalue weighted by molar-refractivity contribution is 9.10. The lowest BCUT2D eigenvalue weighted by Gasteiger charge is -2.31. The molecule has 6 nitrogen and oxygen atoms in total. The van der Waals surface area contributed by atoms with Gasteiger partial charge in [0.1, 0.15) is 16.0 Å². The molecule has 0 unspecified atom stereocenters. The first-order valence-electron chi connectivity index (χ1n) is 10.2. The van der Waals surface area contributed by atoms with Crippen molar-refractivity contribution in [1.82, 2.24) is 0 Å². The molecule has 1 rings (SSSR count). The van der Waals surface area contributed by atoms with Crippen molar-refractivity contribution in [3.8, 4) is 0 Å². The van der Waals surface area contributed by atoms with Crippen LogP contribution in [0.15, 0.2) is 45.5 Å². The molecule has 0 aliphatic heterocycles. The Morgan fingerprint density at radius 1 is 1.06 bits per heavy atom. The number of esters is 2. The molecule has 0 spiro atoms. The van der Waals surface area contributed by atoms with Crippen molar-refractivity contribution < 1.29 is 23.5 Å². The molecule has 0 aromatic heterocycles. The summed E-state index contributed by atoms with van der Waals surface area (Å²) in [7, 11) is -2.10. The molecule has 32 heavy (non-hydrogen) atoms. The molecule has 0 aliphatic rings. The van der Waals surface area contributed by atoms with Crippen LogP contribution in [0.5, 0.6) is 0 Å². The van der Waals surface area contributed by atoms with Gasteiger partial charge < -0.3 is 13.9 Å². The van der Waals surface area contributed by atoms with Crippen LogP contribution in [0.2, 0.25) is 19.6 Å². The van der Waals surface area contributed by atoms with Gasteiger partial charge in [0.05, 0.1) is 19.3 Å². The maximum absolute atomic E-state index is 13.1. The Labute approximate surface area is 209 Å². The van der Waals surface area contributed by atoms with Gasteiger partial charge >= 0.3 is 11.9 Å². The molecule has 0 aliphatic carbocycles. The van der Waals surface area contributed by atoms with E-state index < -0.39 is 32.3 Å². The van der Waals surface area contributed by atoms with E-state index in [-0.39, 0.29) is 18.9 Å². The van der Waals surface area contributed by atoms with Crippen LogP contribution >= 0.6 is 39.5 Å². The first-order valence-corrected chi connectivity index (χ1v) is 16.9. The highest BCUT2D eigenvalue weighted by Gasteiger charge is 2.35. The zero-order chi connectivity index (χ0) is 24.3. The Morgan fingerprint density at radius 2 is 1.62 bits per heavy atom. The minimum absolute atomic E-state index is 0.0601. The standard InChI is InChI=1S/C22H32BrNO5S2Si/c1-8-27-20(25)17(14-18(21(26)28-9-2)24-22(30-3)31-4)19(29-32(5,6)7)15-10-12-16(23)13-11-15/h10-14,17,19H,8-9H2,1-7H3/b18-14-/t17-,19-/m1/s1. The summed E-state index contributed by atoms with van der Waals surface area (Å²) in [6, 6.07) is 7.59. The van der Waals surface area contributed by atoms with E-state index >= 15 is 0 Å². The summed E-state index contributed by atoms with van der Waals surface area (Å²) in [5.41, 5.74) is 0.872. The number of thioether (sulfide) groups is 2. The van der Waals surface area contributed by atoms with Crippen molar-refractivity contribution in [2.75, 3.05) is 25.7 Å². The maximum atomic E-state index is 13.1. The molecule has 0 amide bonds. The molecule has 0 heterocycles. The van der Waals surface area contributed by atoms with E-state index in [1.54, 1.807) is 13.8 Å². The highest BCUT2D eigenvalue weighted by atomic mass is 79.9. The Balaban J connectivity index is 3.68. The molecule has 0 saturated carbocycles. The molecule has 0 N–H and O–H groups in total. The summed E-state index contributed by atoms with van der Waals surface area (Å²) >= 11 is 6.28. The number of nitrogens with zero attached hydrogens (tertiary/aromatic N) is 1. The monoisotopic (exact) mass is 561 g/mol. The fourth-order valence-corrected chi connectivity index (χ4v) is 5.05. The molecule has 2 atom stereocenters. The molecule has 0 fully saturated rings. The second kappa shape index (κ2) is 14.2. The van der Waals surface area contributed by atoms with Crippen molar-refractivity contribution in [1.29, 1.82) is 0 Å². The molecular weight excluding hydrogens is 530 g/mol. The van der Waals surface area contributed by atoms with Crippen LogP contribution in [0.1, 0.15) is 25.5 Å². The van der Waals surface area contributed by atoms with Crippen molar-refractivity contribution in [2.45, 2.75) is 39.6 Å². The number of hydrogen-bond donors (Lipinski definition) is 0. The second-order valence-electron chi connectivity index (χ2n) is 7.54. The van der Waals surface area contributed by atoms with Crippen LogP contribution in [0.4, 0.5) is 0 Å². The number of benzene rings is 1. The number of ether oxygens (including phenoxy) is 2. The number of hydrogen-bond acceptors (Lipinski definition) is 8. The molecule has 1 aromatic rings. The van der Waals surface area contributed by atoms with E-state index in [9.17, 15) is 9.59 Å². The molecule has 0 bridgehead atoms. The third-order valence-corrected chi connectivity index (χ3v) is 7.32. The van der Waals surface area contributed by atoms with E-state index in [0.29, 0.717) is 4.38 Å². The van der Waals surface area contributed by atoms with E-state index in [2.05, 4.69) is 40.6 Å². The summed E-state index contributed by atoms with van der Waals surface area (Å²) in [5.74, 6) is -1.95. The van der Waals surface area contributed by atoms with Crippen LogP contribution < -0.4 is 0 Å². The van der Waals surface area contributed by atoms with Gasteiger partial charge in [-0.2, -0.15) is 0 Å². The minimum atomic E-state index is -2.10. The Morgan fingerprint density at radius 3 is 2.09 bits per heavy atom. The third-order valence-electron chi connectivity index (χ3n) is 3.95. The molecular formula is C22H32BrNO5S2Si. The number of rotatable bonds is 10. The Hall–Kier alpha value is -1.07. The molecule has 10 heteroatoms. The number of carbonyl (C=O) groups excluding carboxylic acids is 2. The van der Waals surface area contributed by atoms with Crippen molar-refractivity contribution in [3.05, 3.63) is 46.1 Å². The van der Waals surface area contributed by atoms with Gasteiger partial charge in [-0.1, -0.05) is 28.1 Å². The van der Waals surface area contributed by atoms with Crippen molar-refractivity contribution >= 4 is 64.1 Å². The van der Waals surface area contributed by atoms with Crippen LogP contribution in [0.25, 0.3) is 0 Å². The van der Waals surface area contributed by atoms with Crippen molar-refractivity contribution in [3.63, 3.8) is 0 Å². The van der Waals surface area contributed by atoms with Gasteiger partial charge in [-0.3, -0.25) is 4.79 Å². The first-order chi connectivity index (χ1) is 15.1. The third kappa shape index (κ3) is 9.82. The van der Waals surface area contributed by atoms with Crippen molar-refractivity contribution in [2.24, 2.45) is 10.9 Å². The fourth-order valence-electron chi connectivity index (χ4n) is 2.70. The van der Waals surface area contributed by atoms with E-state index in [1.165, 1.54) is 29.6 Å². The summed E-state index contributed by atoms with van der Waals surface area (Å²) in [6.45, 7) is 10.0. The average molecular weight is 563 g/mol.